The Morgan fingerprint density at radius 3 is 2.69 bits per heavy atom. The summed E-state index contributed by atoms with van der Waals surface area (Å²) in [5.41, 5.74) is 6.11. The number of para-hydroxylation sites is 1. The van der Waals surface area contributed by atoms with Gasteiger partial charge in [-0.3, -0.25) is 9.78 Å². The number of pyridine rings is 1. The smallest absolute Gasteiger partial charge is 0.225 e. The van der Waals surface area contributed by atoms with Gasteiger partial charge < -0.3 is 19.5 Å². The fourth-order valence-corrected chi connectivity index (χ4v) is 6.78. The number of fused-ring (bicyclic) bond motifs is 5. The van der Waals surface area contributed by atoms with Crippen LogP contribution in [0.5, 0.6) is 5.75 Å². The van der Waals surface area contributed by atoms with Crippen LogP contribution in [0.25, 0.3) is 21.8 Å². The maximum absolute atomic E-state index is 13.1. The second-order valence-corrected chi connectivity index (χ2v) is 10.8. The molecule has 4 aromatic rings. The first-order valence-electron chi connectivity index (χ1n) is 13.2. The average Bonchev–Trinajstić information content (AvgIpc) is 3.26. The summed E-state index contributed by atoms with van der Waals surface area (Å²) in [5, 5.41) is 2.48. The van der Waals surface area contributed by atoms with E-state index in [0.717, 1.165) is 68.6 Å². The van der Waals surface area contributed by atoms with Crippen LogP contribution in [0.4, 0.5) is 5.69 Å². The Hall–Kier alpha value is -3.54. The number of rotatable bonds is 3. The van der Waals surface area contributed by atoms with E-state index in [0.29, 0.717) is 5.91 Å². The molecule has 2 aliphatic heterocycles. The number of likely N-dealkylation sites (tertiary alicyclic amines) is 1. The lowest BCUT2D eigenvalue weighted by molar-refractivity contribution is -0.139. The molecule has 2 aromatic carbocycles. The van der Waals surface area contributed by atoms with Crippen LogP contribution in [0, 0.1) is 5.92 Å². The molecule has 1 amide bonds. The zero-order valence-corrected chi connectivity index (χ0v) is 20.8. The van der Waals surface area contributed by atoms with Crippen molar-refractivity contribution < 1.29 is 9.53 Å². The van der Waals surface area contributed by atoms with Gasteiger partial charge in [-0.15, -0.1) is 0 Å². The largest absolute Gasteiger partial charge is 0.497 e. The molecule has 1 saturated carbocycles. The Bertz CT molecular complexity index is 1460. The van der Waals surface area contributed by atoms with E-state index in [9.17, 15) is 4.79 Å². The van der Waals surface area contributed by atoms with Gasteiger partial charge in [0.2, 0.25) is 5.91 Å². The molecule has 1 aliphatic carbocycles. The Kier molecular flexibility index (Phi) is 4.98. The molecular formula is C30H32N4O2. The summed E-state index contributed by atoms with van der Waals surface area (Å²) in [6.07, 6.45) is 7.23. The molecule has 3 aliphatic rings. The number of carbonyl (C=O) groups excluding carboxylic acids is 1. The second-order valence-electron chi connectivity index (χ2n) is 10.8. The number of benzene rings is 2. The van der Waals surface area contributed by atoms with Crippen LogP contribution in [0.2, 0.25) is 0 Å². The highest BCUT2D eigenvalue weighted by Crippen LogP contribution is 2.47. The molecule has 0 radical (unpaired) electrons. The minimum Gasteiger partial charge on any atom is -0.497 e. The minimum absolute atomic E-state index is 0.0127. The van der Waals surface area contributed by atoms with E-state index >= 15 is 0 Å². The molecule has 4 heterocycles. The number of ether oxygens (including phenoxy) is 1. The summed E-state index contributed by atoms with van der Waals surface area (Å²) in [4.78, 5) is 26.1. The topological polar surface area (TPSA) is 61.5 Å². The van der Waals surface area contributed by atoms with Gasteiger partial charge in [-0.1, -0.05) is 24.6 Å². The van der Waals surface area contributed by atoms with E-state index in [4.69, 9.17) is 4.74 Å². The molecule has 2 fully saturated rings. The lowest BCUT2D eigenvalue weighted by Crippen LogP contribution is -2.54. The third-order valence-corrected chi connectivity index (χ3v) is 8.91. The highest BCUT2D eigenvalue weighted by Gasteiger charge is 2.46. The van der Waals surface area contributed by atoms with Crippen molar-refractivity contribution in [2.75, 3.05) is 31.6 Å². The molecule has 184 valence electrons. The molecule has 2 aromatic heterocycles. The third-order valence-electron chi connectivity index (χ3n) is 8.91. The van der Waals surface area contributed by atoms with Gasteiger partial charge in [-0.2, -0.15) is 0 Å². The summed E-state index contributed by atoms with van der Waals surface area (Å²) in [6.45, 7) is 3.44. The molecule has 36 heavy (non-hydrogen) atoms. The van der Waals surface area contributed by atoms with Crippen LogP contribution in [0.1, 0.15) is 43.4 Å². The molecule has 0 bridgehead atoms. The minimum atomic E-state index is -0.0127. The first kappa shape index (κ1) is 21.7. The van der Waals surface area contributed by atoms with Gasteiger partial charge in [0, 0.05) is 70.9 Å². The van der Waals surface area contributed by atoms with Crippen LogP contribution in [0.15, 0.2) is 54.7 Å². The Morgan fingerprint density at radius 2 is 1.92 bits per heavy atom. The number of nitrogens with zero attached hydrogens (tertiary/aromatic N) is 3. The van der Waals surface area contributed by atoms with Crippen LogP contribution in [-0.2, 0) is 16.8 Å². The standard InChI is InChI=1S/C30H32N4O2/c1-36-21-9-10-23-25(17-21)32-26-18-34(27-11-14-31-24-8-3-2-7-22(24)27)19-30(28(23)26)12-15-33(16-13-30)29(35)20-5-4-6-20/h2-3,7-11,14,17,20,32H,4-6,12-13,15-16,18-19H2,1H3. The fraction of sp³-hybridized carbons (Fsp3) is 0.400. The van der Waals surface area contributed by atoms with E-state index < -0.39 is 0 Å². The normalized spacial score (nSPS) is 19.5. The summed E-state index contributed by atoms with van der Waals surface area (Å²) in [5.74, 6) is 1.52. The molecule has 7 rings (SSSR count). The van der Waals surface area contributed by atoms with Crippen molar-refractivity contribution >= 4 is 33.4 Å². The number of piperidine rings is 1. The Balaban J connectivity index is 1.31. The molecule has 0 unspecified atom stereocenters. The fourth-order valence-electron chi connectivity index (χ4n) is 6.78. The molecular weight excluding hydrogens is 448 g/mol. The van der Waals surface area contributed by atoms with Crippen LogP contribution in [-0.4, -0.2) is 47.5 Å². The number of nitrogens with one attached hydrogen (secondary N) is 1. The summed E-state index contributed by atoms with van der Waals surface area (Å²) in [6, 6.07) is 17.0. The molecule has 1 spiro atoms. The van der Waals surface area contributed by atoms with Crippen molar-refractivity contribution in [3.8, 4) is 5.75 Å². The Morgan fingerprint density at radius 1 is 1.08 bits per heavy atom. The number of H-pyrrole nitrogens is 1. The second kappa shape index (κ2) is 8.26. The van der Waals surface area contributed by atoms with E-state index in [1.165, 1.54) is 34.1 Å². The van der Waals surface area contributed by atoms with Crippen molar-refractivity contribution in [3.63, 3.8) is 0 Å². The van der Waals surface area contributed by atoms with E-state index in [-0.39, 0.29) is 11.3 Å². The molecule has 1 saturated heterocycles. The quantitative estimate of drug-likeness (QED) is 0.426. The van der Waals surface area contributed by atoms with Gasteiger partial charge in [0.1, 0.15) is 5.75 Å². The highest BCUT2D eigenvalue weighted by molar-refractivity contribution is 5.93. The van der Waals surface area contributed by atoms with Gasteiger partial charge in [0.05, 0.1) is 19.2 Å². The summed E-state index contributed by atoms with van der Waals surface area (Å²) >= 11 is 0. The zero-order valence-electron chi connectivity index (χ0n) is 20.8. The van der Waals surface area contributed by atoms with Gasteiger partial charge >= 0.3 is 0 Å². The molecule has 6 heteroatoms. The van der Waals surface area contributed by atoms with Gasteiger partial charge in [0.25, 0.3) is 0 Å². The molecule has 1 N–H and O–H groups in total. The van der Waals surface area contributed by atoms with Crippen molar-refractivity contribution in [1.82, 2.24) is 14.9 Å². The maximum Gasteiger partial charge on any atom is 0.225 e. The lowest BCUT2D eigenvalue weighted by Gasteiger charge is -2.49. The van der Waals surface area contributed by atoms with E-state index in [1.807, 2.05) is 6.20 Å². The number of hydrogen-bond acceptors (Lipinski definition) is 4. The van der Waals surface area contributed by atoms with Crippen LogP contribution in [0.3, 0.4) is 0 Å². The van der Waals surface area contributed by atoms with Crippen LogP contribution < -0.4 is 9.64 Å². The SMILES string of the molecule is COc1ccc2c3c([nH]c2c1)CN(c1ccnc2ccccc12)CC31CCN(C(=O)C2CCC2)CC1. The van der Waals surface area contributed by atoms with Crippen LogP contribution >= 0.6 is 0 Å². The predicted molar refractivity (Wildman–Crippen MR) is 142 cm³/mol. The average molecular weight is 481 g/mol. The number of amides is 1. The van der Waals surface area contributed by atoms with E-state index in [2.05, 4.69) is 68.3 Å². The number of methoxy groups -OCH3 is 1. The molecule has 0 atom stereocenters. The first-order chi connectivity index (χ1) is 17.6. The molecule has 6 nitrogen and oxygen atoms in total. The number of hydrogen-bond donors (Lipinski definition) is 1. The van der Waals surface area contributed by atoms with Crippen molar-refractivity contribution in [3.05, 3.63) is 66.0 Å². The number of anilines is 1. The van der Waals surface area contributed by atoms with Crippen molar-refractivity contribution in [2.24, 2.45) is 5.92 Å². The van der Waals surface area contributed by atoms with Gasteiger partial charge in [-0.05, 0) is 55.5 Å². The first-order valence-corrected chi connectivity index (χ1v) is 13.2. The highest BCUT2D eigenvalue weighted by atomic mass is 16.5. The monoisotopic (exact) mass is 480 g/mol. The third kappa shape index (κ3) is 3.30. The number of aromatic nitrogens is 2. The van der Waals surface area contributed by atoms with Gasteiger partial charge in [0.15, 0.2) is 0 Å². The lowest BCUT2D eigenvalue weighted by atomic mass is 9.69. The Labute approximate surface area is 211 Å². The zero-order chi connectivity index (χ0) is 24.3. The summed E-state index contributed by atoms with van der Waals surface area (Å²) in [7, 11) is 1.72. The maximum atomic E-state index is 13.1. The summed E-state index contributed by atoms with van der Waals surface area (Å²) < 4.78 is 5.53. The van der Waals surface area contributed by atoms with Gasteiger partial charge in [-0.25, -0.2) is 0 Å². The number of carbonyl (C=O) groups is 1. The van der Waals surface area contributed by atoms with Crippen molar-refractivity contribution in [1.29, 1.82) is 0 Å². The van der Waals surface area contributed by atoms with Crippen molar-refractivity contribution in [2.45, 2.75) is 44.1 Å². The van der Waals surface area contributed by atoms with E-state index in [1.54, 1.807) is 7.11 Å². The number of aromatic amines is 1. The predicted octanol–water partition coefficient (Wildman–Crippen LogP) is 5.41.